The molecule has 0 aromatic carbocycles. The van der Waals surface area contributed by atoms with E-state index in [-0.39, 0.29) is 30.5 Å². The van der Waals surface area contributed by atoms with Crippen molar-refractivity contribution in [2.45, 2.75) is 58.5 Å². The highest BCUT2D eigenvalue weighted by molar-refractivity contribution is 5.90. The molecule has 1 saturated carbocycles. The lowest BCUT2D eigenvalue weighted by atomic mass is 9.48. The second-order valence-corrected chi connectivity index (χ2v) is 8.30. The number of fused-ring (bicyclic) bond motifs is 1. The molecule has 25 heavy (non-hydrogen) atoms. The maximum Gasteiger partial charge on any atom is 0.334 e. The molecule has 5 heteroatoms. The fraction of sp³-hybridized carbons (Fsp3) is 0.750. The van der Waals surface area contributed by atoms with Gasteiger partial charge in [-0.15, -0.1) is 0 Å². The molecule has 5 nitrogen and oxygen atoms in total. The molecule has 140 valence electrons. The lowest BCUT2D eigenvalue weighted by Gasteiger charge is -2.57. The van der Waals surface area contributed by atoms with Gasteiger partial charge in [-0.1, -0.05) is 19.4 Å². The molecule has 1 fully saturated rings. The fourth-order valence-corrected chi connectivity index (χ4v) is 5.49. The second-order valence-electron chi connectivity index (χ2n) is 8.30. The first-order chi connectivity index (χ1) is 11.9. The van der Waals surface area contributed by atoms with Gasteiger partial charge in [0.1, 0.15) is 6.61 Å². The maximum atomic E-state index is 11.7. The second kappa shape index (κ2) is 6.86. The number of rotatable bonds is 5. The Hall–Kier alpha value is -1.17. The summed E-state index contributed by atoms with van der Waals surface area (Å²) in [5.74, 6) is -0.0634. The van der Waals surface area contributed by atoms with E-state index in [1.54, 1.807) is 0 Å². The molecule has 0 unspecified atom stereocenters. The van der Waals surface area contributed by atoms with E-state index in [1.807, 2.05) is 13.0 Å². The first-order valence-electron chi connectivity index (χ1n) is 9.34. The average molecular weight is 350 g/mol. The van der Waals surface area contributed by atoms with Crippen LogP contribution in [0.3, 0.4) is 0 Å². The van der Waals surface area contributed by atoms with Gasteiger partial charge in [0.15, 0.2) is 0 Å². The summed E-state index contributed by atoms with van der Waals surface area (Å²) in [5, 5.41) is 30.4. The van der Waals surface area contributed by atoms with E-state index < -0.39 is 11.5 Å². The Kier molecular flexibility index (Phi) is 5.11. The molecule has 2 aliphatic carbocycles. The number of carbonyl (C=O) groups excluding carboxylic acids is 1. The Labute approximate surface area is 149 Å². The van der Waals surface area contributed by atoms with Gasteiger partial charge in [0.25, 0.3) is 0 Å². The van der Waals surface area contributed by atoms with Gasteiger partial charge in [0, 0.05) is 11.0 Å². The number of hydrogen-bond acceptors (Lipinski definition) is 5. The molecule has 0 saturated heterocycles. The monoisotopic (exact) mass is 350 g/mol. The van der Waals surface area contributed by atoms with Crippen molar-refractivity contribution in [1.82, 2.24) is 0 Å². The van der Waals surface area contributed by atoms with Crippen LogP contribution in [0.4, 0.5) is 0 Å². The summed E-state index contributed by atoms with van der Waals surface area (Å²) in [7, 11) is 0. The quantitative estimate of drug-likeness (QED) is 0.522. The molecule has 3 N–H and O–H groups in total. The van der Waals surface area contributed by atoms with E-state index in [2.05, 4.69) is 6.92 Å². The minimum Gasteiger partial charge on any atom is -0.458 e. The van der Waals surface area contributed by atoms with Gasteiger partial charge in [-0.25, -0.2) is 4.79 Å². The number of hydrogen-bond donors (Lipinski definition) is 3. The van der Waals surface area contributed by atoms with Gasteiger partial charge in [-0.3, -0.25) is 0 Å². The highest BCUT2D eigenvalue weighted by Crippen LogP contribution is 2.60. The van der Waals surface area contributed by atoms with E-state index in [0.717, 1.165) is 36.8 Å². The third-order valence-corrected chi connectivity index (χ3v) is 7.10. The van der Waals surface area contributed by atoms with E-state index >= 15 is 0 Å². The Bertz CT molecular complexity index is 607. The summed E-state index contributed by atoms with van der Waals surface area (Å²) < 4.78 is 4.99. The SMILES string of the molecule is C[C@@]1(CO)[C@H](O)CC[C@@]2(C)C(CCC3=CCOC3=O)=C(CO)CC[C@H]12. The number of aliphatic hydroxyl groups is 3. The van der Waals surface area contributed by atoms with Crippen molar-refractivity contribution in [2.75, 3.05) is 19.8 Å². The van der Waals surface area contributed by atoms with Crippen molar-refractivity contribution in [3.63, 3.8) is 0 Å². The molecule has 3 rings (SSSR count). The van der Waals surface area contributed by atoms with Crippen LogP contribution in [-0.4, -0.2) is 47.2 Å². The van der Waals surface area contributed by atoms with Crippen molar-refractivity contribution < 1.29 is 24.9 Å². The molecule has 0 bridgehead atoms. The van der Waals surface area contributed by atoms with Crippen LogP contribution >= 0.6 is 0 Å². The predicted octanol–water partition coefficient (Wildman–Crippen LogP) is 2.11. The van der Waals surface area contributed by atoms with Crippen molar-refractivity contribution in [2.24, 2.45) is 16.7 Å². The first-order valence-corrected chi connectivity index (χ1v) is 9.34. The molecule has 0 radical (unpaired) electrons. The van der Waals surface area contributed by atoms with Crippen LogP contribution in [0, 0.1) is 16.7 Å². The minimum absolute atomic E-state index is 0.0341. The van der Waals surface area contributed by atoms with Crippen LogP contribution in [0.1, 0.15) is 52.4 Å². The van der Waals surface area contributed by atoms with E-state index in [1.165, 1.54) is 5.57 Å². The fourth-order valence-electron chi connectivity index (χ4n) is 5.49. The number of aliphatic hydroxyl groups excluding tert-OH is 3. The average Bonchev–Trinajstić information content (AvgIpc) is 3.01. The van der Waals surface area contributed by atoms with Gasteiger partial charge < -0.3 is 20.1 Å². The lowest BCUT2D eigenvalue weighted by Crippen LogP contribution is -2.55. The zero-order chi connectivity index (χ0) is 18.2. The number of cyclic esters (lactones) is 1. The van der Waals surface area contributed by atoms with Gasteiger partial charge in [0.2, 0.25) is 0 Å². The molecular formula is C20H30O5. The summed E-state index contributed by atoms with van der Waals surface area (Å²) in [6.07, 6.45) is 5.84. The largest absolute Gasteiger partial charge is 0.458 e. The molecule has 0 spiro atoms. The lowest BCUT2D eigenvalue weighted by molar-refractivity contribution is -0.136. The van der Waals surface area contributed by atoms with Crippen molar-refractivity contribution in [3.05, 3.63) is 22.8 Å². The third-order valence-electron chi connectivity index (χ3n) is 7.10. The van der Waals surface area contributed by atoms with Gasteiger partial charge in [-0.05, 0) is 61.5 Å². The smallest absolute Gasteiger partial charge is 0.334 e. The topological polar surface area (TPSA) is 87.0 Å². The summed E-state index contributed by atoms with van der Waals surface area (Å²) >= 11 is 0. The summed E-state index contributed by atoms with van der Waals surface area (Å²) in [6.45, 7) is 4.56. The summed E-state index contributed by atoms with van der Waals surface area (Å²) in [4.78, 5) is 11.7. The minimum atomic E-state index is -0.523. The molecule has 4 atom stereocenters. The standard InChI is InChI=1S/C20H30O5/c1-19-9-7-17(23)20(2,12-22)16(19)6-4-14(11-21)15(19)5-3-13-8-10-25-18(13)24/h8,16-17,21-23H,3-7,9-12H2,1-2H3/t16-,17+,19-,20-/m0/s1. The highest BCUT2D eigenvalue weighted by Gasteiger charge is 2.55. The highest BCUT2D eigenvalue weighted by atomic mass is 16.5. The van der Waals surface area contributed by atoms with Crippen LogP contribution in [0.5, 0.6) is 0 Å². The van der Waals surface area contributed by atoms with Crippen LogP contribution in [-0.2, 0) is 9.53 Å². The number of carbonyl (C=O) groups is 1. The van der Waals surface area contributed by atoms with E-state index in [4.69, 9.17) is 4.74 Å². The van der Waals surface area contributed by atoms with E-state index in [9.17, 15) is 20.1 Å². The molecule has 3 aliphatic rings. The molecule has 1 aliphatic heterocycles. The van der Waals surface area contributed by atoms with Gasteiger partial charge in [-0.2, -0.15) is 0 Å². The van der Waals surface area contributed by atoms with Crippen LogP contribution < -0.4 is 0 Å². The molecule has 0 aromatic rings. The Morgan fingerprint density at radius 1 is 1.24 bits per heavy atom. The van der Waals surface area contributed by atoms with Crippen LogP contribution in [0.25, 0.3) is 0 Å². The Balaban J connectivity index is 1.90. The molecular weight excluding hydrogens is 320 g/mol. The molecule has 0 aromatic heterocycles. The van der Waals surface area contributed by atoms with Gasteiger partial charge in [0.05, 0.1) is 19.3 Å². The Morgan fingerprint density at radius 3 is 2.60 bits per heavy atom. The van der Waals surface area contributed by atoms with Crippen molar-refractivity contribution >= 4 is 5.97 Å². The maximum absolute atomic E-state index is 11.7. The number of ether oxygens (including phenoxy) is 1. The number of allylic oxidation sites excluding steroid dienone is 1. The predicted molar refractivity (Wildman–Crippen MR) is 93.7 cm³/mol. The molecule has 1 heterocycles. The van der Waals surface area contributed by atoms with Crippen molar-refractivity contribution in [3.8, 4) is 0 Å². The molecule has 0 amide bonds. The van der Waals surface area contributed by atoms with Crippen LogP contribution in [0.15, 0.2) is 22.8 Å². The van der Waals surface area contributed by atoms with E-state index in [0.29, 0.717) is 19.4 Å². The Morgan fingerprint density at radius 2 is 2.00 bits per heavy atom. The zero-order valence-electron chi connectivity index (χ0n) is 15.3. The summed E-state index contributed by atoms with van der Waals surface area (Å²) in [5.41, 5.74) is 2.33. The van der Waals surface area contributed by atoms with Crippen molar-refractivity contribution in [1.29, 1.82) is 0 Å². The zero-order valence-corrected chi connectivity index (χ0v) is 15.3. The van der Waals surface area contributed by atoms with Crippen LogP contribution in [0.2, 0.25) is 0 Å². The third kappa shape index (κ3) is 2.96. The summed E-state index contributed by atoms with van der Waals surface area (Å²) in [6, 6.07) is 0. The number of esters is 1. The normalized spacial score (nSPS) is 38.4. The van der Waals surface area contributed by atoms with Gasteiger partial charge >= 0.3 is 5.97 Å². The first kappa shape index (κ1) is 18.6.